The van der Waals surface area contributed by atoms with Crippen LogP contribution in [0.3, 0.4) is 0 Å². The number of carbonyl (C=O) groups is 2. The highest BCUT2D eigenvalue weighted by atomic mass is 32.1. The molecule has 5 heteroatoms. The Labute approximate surface area is 111 Å². The van der Waals surface area contributed by atoms with E-state index in [1.807, 2.05) is 23.8 Å². The number of thiophene rings is 1. The zero-order chi connectivity index (χ0) is 13.3. The number of hydrogen-bond acceptors (Lipinski definition) is 3. The zero-order valence-corrected chi connectivity index (χ0v) is 11.7. The topological polar surface area (TPSA) is 49.4 Å². The Morgan fingerprint density at radius 3 is 2.83 bits per heavy atom. The van der Waals surface area contributed by atoms with Crippen LogP contribution in [0.15, 0.2) is 16.8 Å². The average molecular weight is 266 g/mol. The van der Waals surface area contributed by atoms with Gasteiger partial charge in [0.25, 0.3) is 0 Å². The molecule has 0 saturated carbocycles. The Kier molecular flexibility index (Phi) is 3.43. The minimum atomic E-state index is -0.822. The van der Waals surface area contributed by atoms with E-state index in [1.54, 1.807) is 30.1 Å². The summed E-state index contributed by atoms with van der Waals surface area (Å²) in [5, 5.41) is 6.81. The second-order valence-electron chi connectivity index (χ2n) is 5.29. The second-order valence-corrected chi connectivity index (χ2v) is 6.07. The Balaban J connectivity index is 2.25. The normalized spacial score (nSPS) is 23.7. The number of amides is 2. The molecule has 1 saturated heterocycles. The molecule has 1 N–H and O–H groups in total. The summed E-state index contributed by atoms with van der Waals surface area (Å²) in [7, 11) is 0. The summed E-state index contributed by atoms with van der Waals surface area (Å²) >= 11 is 1.62. The van der Waals surface area contributed by atoms with Crippen LogP contribution in [0.4, 0.5) is 0 Å². The highest BCUT2D eigenvalue weighted by molar-refractivity contribution is 7.07. The molecule has 2 rings (SSSR count). The third kappa shape index (κ3) is 2.56. The molecule has 1 aromatic heterocycles. The summed E-state index contributed by atoms with van der Waals surface area (Å²) in [5.74, 6) is -0.0827. The molecule has 1 aromatic rings. The van der Waals surface area contributed by atoms with Crippen molar-refractivity contribution in [2.24, 2.45) is 0 Å². The maximum Gasteiger partial charge on any atom is 0.248 e. The smallest absolute Gasteiger partial charge is 0.248 e. The molecule has 0 radical (unpaired) electrons. The van der Waals surface area contributed by atoms with Gasteiger partial charge in [0.2, 0.25) is 11.8 Å². The van der Waals surface area contributed by atoms with Gasteiger partial charge in [-0.15, -0.1) is 0 Å². The van der Waals surface area contributed by atoms with Gasteiger partial charge >= 0.3 is 0 Å². The predicted molar refractivity (Wildman–Crippen MR) is 71.2 cm³/mol. The number of carbonyl (C=O) groups excluding carboxylic acids is 2. The van der Waals surface area contributed by atoms with Crippen molar-refractivity contribution in [3.8, 4) is 0 Å². The van der Waals surface area contributed by atoms with E-state index < -0.39 is 5.54 Å². The van der Waals surface area contributed by atoms with Crippen LogP contribution in [0.2, 0.25) is 0 Å². The van der Waals surface area contributed by atoms with E-state index in [0.717, 1.165) is 5.56 Å². The molecule has 98 valence electrons. The minimum Gasteiger partial charge on any atom is -0.342 e. The van der Waals surface area contributed by atoms with Crippen LogP contribution >= 0.6 is 11.3 Å². The van der Waals surface area contributed by atoms with E-state index in [4.69, 9.17) is 0 Å². The summed E-state index contributed by atoms with van der Waals surface area (Å²) in [6.45, 7) is 6.00. The predicted octanol–water partition coefficient (Wildman–Crippen LogP) is 1.76. The first-order chi connectivity index (χ1) is 8.40. The number of nitrogens with zero attached hydrogens (tertiary/aromatic N) is 1. The van der Waals surface area contributed by atoms with Crippen LogP contribution in [0.5, 0.6) is 0 Å². The van der Waals surface area contributed by atoms with Gasteiger partial charge in [-0.1, -0.05) is 0 Å². The van der Waals surface area contributed by atoms with Crippen LogP contribution < -0.4 is 5.32 Å². The molecule has 0 aromatic carbocycles. The van der Waals surface area contributed by atoms with E-state index in [-0.39, 0.29) is 17.9 Å². The van der Waals surface area contributed by atoms with Crippen LogP contribution in [0, 0.1) is 0 Å². The second kappa shape index (κ2) is 4.72. The van der Waals surface area contributed by atoms with Gasteiger partial charge in [0.1, 0.15) is 5.54 Å². The molecule has 4 nitrogen and oxygen atoms in total. The fourth-order valence-electron chi connectivity index (χ4n) is 2.20. The summed E-state index contributed by atoms with van der Waals surface area (Å²) in [6, 6.07) is 1.94. The third-order valence-electron chi connectivity index (χ3n) is 3.19. The maximum atomic E-state index is 12.5. The van der Waals surface area contributed by atoms with Crippen molar-refractivity contribution in [3.63, 3.8) is 0 Å². The van der Waals surface area contributed by atoms with Crippen LogP contribution in [-0.2, 0) is 16.1 Å². The van der Waals surface area contributed by atoms with Gasteiger partial charge in [-0.3, -0.25) is 9.59 Å². The number of rotatable bonds is 2. The number of nitrogens with one attached hydrogen (secondary N) is 1. The van der Waals surface area contributed by atoms with Gasteiger partial charge in [0, 0.05) is 19.0 Å². The van der Waals surface area contributed by atoms with Crippen molar-refractivity contribution in [2.75, 3.05) is 0 Å². The van der Waals surface area contributed by atoms with Gasteiger partial charge < -0.3 is 10.2 Å². The highest BCUT2D eigenvalue weighted by Gasteiger charge is 2.39. The first-order valence-electron chi connectivity index (χ1n) is 6.03. The maximum absolute atomic E-state index is 12.5. The number of hydrogen-bond donors (Lipinski definition) is 1. The molecule has 0 spiro atoms. The summed E-state index contributed by atoms with van der Waals surface area (Å²) in [4.78, 5) is 26.0. The lowest BCUT2D eigenvalue weighted by atomic mass is 10.0. The fourth-order valence-corrected chi connectivity index (χ4v) is 2.86. The van der Waals surface area contributed by atoms with Crippen molar-refractivity contribution >= 4 is 23.2 Å². The van der Waals surface area contributed by atoms with Crippen molar-refractivity contribution in [1.29, 1.82) is 0 Å². The van der Waals surface area contributed by atoms with E-state index in [9.17, 15) is 9.59 Å². The van der Waals surface area contributed by atoms with E-state index in [2.05, 4.69) is 5.32 Å². The van der Waals surface area contributed by atoms with Gasteiger partial charge in [0.15, 0.2) is 0 Å². The lowest BCUT2D eigenvalue weighted by molar-refractivity contribution is -0.139. The molecule has 1 aliphatic rings. The summed E-state index contributed by atoms with van der Waals surface area (Å²) in [5.41, 5.74) is 0.295. The van der Waals surface area contributed by atoms with Gasteiger partial charge in [-0.25, -0.2) is 0 Å². The monoisotopic (exact) mass is 266 g/mol. The molecule has 1 unspecified atom stereocenters. The molecule has 2 amide bonds. The summed E-state index contributed by atoms with van der Waals surface area (Å²) in [6.07, 6.45) is 0.360. The third-order valence-corrected chi connectivity index (χ3v) is 3.93. The average Bonchev–Trinajstić information content (AvgIpc) is 2.73. The molecular formula is C13H18N2O2S. The van der Waals surface area contributed by atoms with E-state index in [1.165, 1.54) is 0 Å². The Morgan fingerprint density at radius 1 is 1.50 bits per heavy atom. The largest absolute Gasteiger partial charge is 0.342 e. The molecular weight excluding hydrogens is 248 g/mol. The highest BCUT2D eigenvalue weighted by Crippen LogP contribution is 2.21. The molecule has 18 heavy (non-hydrogen) atoms. The summed E-state index contributed by atoms with van der Waals surface area (Å²) < 4.78 is 0. The van der Waals surface area contributed by atoms with Crippen LogP contribution in [0.1, 0.15) is 32.8 Å². The molecule has 1 aliphatic heterocycles. The molecule has 0 bridgehead atoms. The van der Waals surface area contributed by atoms with Crippen LogP contribution in [0.25, 0.3) is 0 Å². The van der Waals surface area contributed by atoms with Gasteiger partial charge in [-0.2, -0.15) is 11.3 Å². The first kappa shape index (κ1) is 13.1. The van der Waals surface area contributed by atoms with Crippen molar-refractivity contribution in [2.45, 2.75) is 45.3 Å². The SMILES string of the molecule is CC1CC(=O)NC(C)(C)C(=O)N1Cc1ccsc1. The minimum absolute atomic E-state index is 0.0212. The Hall–Kier alpha value is -1.36. The van der Waals surface area contributed by atoms with Crippen LogP contribution in [-0.4, -0.2) is 28.3 Å². The lowest BCUT2D eigenvalue weighted by Gasteiger charge is -2.31. The Bertz CT molecular complexity index is 454. The quantitative estimate of drug-likeness (QED) is 0.887. The molecule has 1 atom stereocenters. The van der Waals surface area contributed by atoms with Crippen molar-refractivity contribution in [3.05, 3.63) is 22.4 Å². The van der Waals surface area contributed by atoms with Crippen molar-refractivity contribution < 1.29 is 9.59 Å². The first-order valence-corrected chi connectivity index (χ1v) is 6.97. The Morgan fingerprint density at radius 2 is 2.22 bits per heavy atom. The zero-order valence-electron chi connectivity index (χ0n) is 10.9. The molecule has 0 aliphatic carbocycles. The lowest BCUT2D eigenvalue weighted by Crippen LogP contribution is -2.53. The fraction of sp³-hybridized carbons (Fsp3) is 0.538. The standard InChI is InChI=1S/C13H18N2O2S/c1-9-6-11(16)14-13(2,3)12(17)15(9)7-10-4-5-18-8-10/h4-5,8-9H,6-7H2,1-3H3,(H,14,16). The van der Waals surface area contributed by atoms with Gasteiger partial charge in [0.05, 0.1) is 0 Å². The van der Waals surface area contributed by atoms with Gasteiger partial charge in [-0.05, 0) is 43.2 Å². The van der Waals surface area contributed by atoms with Crippen molar-refractivity contribution in [1.82, 2.24) is 10.2 Å². The molecule has 1 fully saturated rings. The van der Waals surface area contributed by atoms with E-state index >= 15 is 0 Å². The van der Waals surface area contributed by atoms with E-state index in [0.29, 0.717) is 13.0 Å². The molecule has 2 heterocycles.